The van der Waals surface area contributed by atoms with Gasteiger partial charge in [0.2, 0.25) is 0 Å². The first kappa shape index (κ1) is 15.0. The highest BCUT2D eigenvalue weighted by Crippen LogP contribution is 2.13. The molecule has 1 nitrogen and oxygen atoms in total. The van der Waals surface area contributed by atoms with Crippen LogP contribution < -0.4 is 10.4 Å². The second-order valence-electron chi connectivity index (χ2n) is 5.11. The van der Waals surface area contributed by atoms with Crippen molar-refractivity contribution in [3.05, 3.63) is 60.7 Å². The van der Waals surface area contributed by atoms with Crippen molar-refractivity contribution in [1.82, 2.24) is 0 Å². The maximum atomic E-state index is 6.53. The lowest BCUT2D eigenvalue weighted by Crippen LogP contribution is -2.60. The van der Waals surface area contributed by atoms with E-state index in [1.54, 1.807) is 0 Å². The monoisotopic (exact) mass is 284 g/mol. The van der Waals surface area contributed by atoms with Crippen molar-refractivity contribution >= 4 is 18.7 Å². The van der Waals surface area contributed by atoms with E-state index in [1.807, 2.05) is 0 Å². The van der Waals surface area contributed by atoms with Gasteiger partial charge in [0, 0.05) is 6.61 Å². The van der Waals surface area contributed by atoms with Gasteiger partial charge in [-0.15, -0.1) is 0 Å². The molecule has 0 unspecified atom stereocenters. The Hall–Kier alpha value is -1.38. The third-order valence-corrected chi connectivity index (χ3v) is 8.05. The van der Waals surface area contributed by atoms with E-state index in [0.29, 0.717) is 0 Å². The third-order valence-electron chi connectivity index (χ3n) is 3.82. The standard InChI is InChI=1S/C18H24OSi/c1-3-5-16-19-20(4-2,17-12-8-6-9-13-17)18-14-10-7-11-15-18/h6-15H,3-5,16H2,1-2H3. The summed E-state index contributed by atoms with van der Waals surface area (Å²) < 4.78 is 6.53. The number of benzene rings is 2. The minimum atomic E-state index is -2.06. The molecular weight excluding hydrogens is 260 g/mol. The summed E-state index contributed by atoms with van der Waals surface area (Å²) in [6.07, 6.45) is 2.31. The van der Waals surface area contributed by atoms with Gasteiger partial charge in [-0.1, -0.05) is 80.9 Å². The molecule has 2 aromatic rings. The molecule has 0 amide bonds. The normalized spacial score (nSPS) is 11.5. The first-order chi connectivity index (χ1) is 9.83. The Kier molecular flexibility index (Phi) is 5.56. The molecule has 0 aromatic heterocycles. The maximum Gasteiger partial charge on any atom is 0.255 e. The van der Waals surface area contributed by atoms with Gasteiger partial charge >= 0.3 is 0 Å². The second-order valence-corrected chi connectivity index (χ2v) is 8.92. The maximum absolute atomic E-state index is 6.53. The largest absolute Gasteiger partial charge is 0.408 e. The molecule has 2 heteroatoms. The van der Waals surface area contributed by atoms with Crippen LogP contribution in [0.2, 0.25) is 6.04 Å². The lowest BCUT2D eigenvalue weighted by atomic mass is 10.4. The SMILES string of the molecule is CCCCO[Si](CC)(c1ccccc1)c1ccccc1. The highest BCUT2D eigenvalue weighted by Gasteiger charge is 2.37. The molecule has 0 aliphatic carbocycles. The molecule has 0 radical (unpaired) electrons. The Morgan fingerprint density at radius 1 is 0.800 bits per heavy atom. The van der Waals surface area contributed by atoms with E-state index in [2.05, 4.69) is 74.5 Å². The molecule has 0 fully saturated rings. The van der Waals surface area contributed by atoms with Crippen LogP contribution in [0.25, 0.3) is 0 Å². The van der Waals surface area contributed by atoms with Crippen molar-refractivity contribution in [1.29, 1.82) is 0 Å². The molecule has 0 atom stereocenters. The minimum absolute atomic E-state index is 0.861. The van der Waals surface area contributed by atoms with Crippen molar-refractivity contribution in [2.75, 3.05) is 6.61 Å². The van der Waals surface area contributed by atoms with Gasteiger partial charge in [-0.25, -0.2) is 0 Å². The Bertz CT molecular complexity index is 456. The lowest BCUT2D eigenvalue weighted by Gasteiger charge is -2.31. The summed E-state index contributed by atoms with van der Waals surface area (Å²) in [6, 6.07) is 22.7. The van der Waals surface area contributed by atoms with Crippen molar-refractivity contribution in [3.8, 4) is 0 Å². The topological polar surface area (TPSA) is 9.23 Å². The molecular formula is C18H24OSi. The first-order valence-electron chi connectivity index (χ1n) is 7.58. The number of unbranched alkanes of at least 4 members (excludes halogenated alkanes) is 1. The fraction of sp³-hybridized carbons (Fsp3) is 0.333. The average molecular weight is 284 g/mol. The molecule has 106 valence electrons. The van der Waals surface area contributed by atoms with Gasteiger partial charge in [-0.05, 0) is 22.8 Å². The number of hydrogen-bond donors (Lipinski definition) is 0. The predicted octanol–water partition coefficient (Wildman–Crippen LogP) is 3.58. The van der Waals surface area contributed by atoms with E-state index in [-0.39, 0.29) is 0 Å². The molecule has 0 bridgehead atoms. The fourth-order valence-electron chi connectivity index (χ4n) is 2.65. The smallest absolute Gasteiger partial charge is 0.255 e. The minimum Gasteiger partial charge on any atom is -0.408 e. The summed E-state index contributed by atoms with van der Waals surface area (Å²) in [7, 11) is -2.06. The van der Waals surface area contributed by atoms with E-state index >= 15 is 0 Å². The van der Waals surface area contributed by atoms with Gasteiger partial charge < -0.3 is 4.43 Å². The van der Waals surface area contributed by atoms with Crippen LogP contribution >= 0.6 is 0 Å². The van der Waals surface area contributed by atoms with Gasteiger partial charge in [0.25, 0.3) is 8.32 Å². The van der Waals surface area contributed by atoms with Crippen LogP contribution in [-0.2, 0) is 4.43 Å². The first-order valence-corrected chi connectivity index (χ1v) is 9.70. The number of hydrogen-bond acceptors (Lipinski definition) is 1. The van der Waals surface area contributed by atoms with E-state index in [4.69, 9.17) is 4.43 Å². The zero-order chi connectivity index (χ0) is 14.3. The van der Waals surface area contributed by atoms with Gasteiger partial charge in [0.1, 0.15) is 0 Å². The zero-order valence-corrected chi connectivity index (χ0v) is 13.5. The van der Waals surface area contributed by atoms with Crippen molar-refractivity contribution in [3.63, 3.8) is 0 Å². The summed E-state index contributed by atoms with van der Waals surface area (Å²) in [5.74, 6) is 0. The van der Waals surface area contributed by atoms with Crippen molar-refractivity contribution in [2.45, 2.75) is 32.7 Å². The Morgan fingerprint density at radius 2 is 1.30 bits per heavy atom. The van der Waals surface area contributed by atoms with E-state index in [1.165, 1.54) is 16.8 Å². The summed E-state index contributed by atoms with van der Waals surface area (Å²) in [4.78, 5) is 0. The quantitative estimate of drug-likeness (QED) is 0.558. The van der Waals surface area contributed by atoms with Crippen molar-refractivity contribution < 1.29 is 4.43 Å². The van der Waals surface area contributed by atoms with Crippen LogP contribution in [-0.4, -0.2) is 14.9 Å². The molecule has 0 heterocycles. The molecule has 0 spiro atoms. The Balaban J connectivity index is 2.41. The summed E-state index contributed by atoms with van der Waals surface area (Å²) in [5.41, 5.74) is 0. The average Bonchev–Trinajstić information content (AvgIpc) is 2.54. The van der Waals surface area contributed by atoms with Gasteiger partial charge in [0.05, 0.1) is 0 Å². The van der Waals surface area contributed by atoms with Crippen LogP contribution in [0.1, 0.15) is 26.7 Å². The molecule has 0 saturated carbocycles. The highest BCUT2D eigenvalue weighted by atomic mass is 28.4. The van der Waals surface area contributed by atoms with Gasteiger partial charge in [-0.2, -0.15) is 0 Å². The molecule has 0 N–H and O–H groups in total. The molecule has 0 aliphatic rings. The van der Waals surface area contributed by atoms with Gasteiger partial charge in [0.15, 0.2) is 0 Å². The second kappa shape index (κ2) is 7.41. The van der Waals surface area contributed by atoms with Crippen molar-refractivity contribution in [2.24, 2.45) is 0 Å². The van der Waals surface area contributed by atoms with Crippen LogP contribution in [0, 0.1) is 0 Å². The third kappa shape index (κ3) is 3.19. The van der Waals surface area contributed by atoms with Crippen LogP contribution in [0.4, 0.5) is 0 Å². The van der Waals surface area contributed by atoms with E-state index < -0.39 is 8.32 Å². The Labute approximate surface area is 123 Å². The number of rotatable bonds is 7. The molecule has 0 aliphatic heterocycles. The van der Waals surface area contributed by atoms with Crippen LogP contribution in [0.15, 0.2) is 60.7 Å². The lowest BCUT2D eigenvalue weighted by molar-refractivity contribution is 0.307. The highest BCUT2D eigenvalue weighted by molar-refractivity contribution is 6.97. The van der Waals surface area contributed by atoms with Gasteiger partial charge in [-0.3, -0.25) is 0 Å². The van der Waals surface area contributed by atoms with E-state index in [0.717, 1.165) is 19.1 Å². The molecule has 20 heavy (non-hydrogen) atoms. The predicted molar refractivity (Wildman–Crippen MR) is 89.2 cm³/mol. The van der Waals surface area contributed by atoms with Crippen LogP contribution in [0.5, 0.6) is 0 Å². The fourth-order valence-corrected chi connectivity index (χ4v) is 6.29. The van der Waals surface area contributed by atoms with E-state index in [9.17, 15) is 0 Å². The van der Waals surface area contributed by atoms with Crippen LogP contribution in [0.3, 0.4) is 0 Å². The summed E-state index contributed by atoms with van der Waals surface area (Å²) in [5, 5.41) is 2.76. The Morgan fingerprint density at radius 3 is 1.70 bits per heavy atom. The molecule has 0 saturated heterocycles. The molecule has 2 rings (SSSR count). The zero-order valence-electron chi connectivity index (χ0n) is 12.5. The summed E-state index contributed by atoms with van der Waals surface area (Å²) >= 11 is 0. The summed E-state index contributed by atoms with van der Waals surface area (Å²) in [6.45, 7) is 5.34. The molecule has 2 aromatic carbocycles.